The van der Waals surface area contributed by atoms with Crippen LogP contribution < -0.4 is 10.1 Å². The summed E-state index contributed by atoms with van der Waals surface area (Å²) in [6.07, 6.45) is 6.21. The van der Waals surface area contributed by atoms with Crippen LogP contribution in [-0.4, -0.2) is 74.1 Å². The number of halogens is 1. The second-order valence-corrected chi connectivity index (χ2v) is 11.0. The molecule has 1 aromatic carbocycles. The number of nitrogens with one attached hydrogen (secondary N) is 1. The maximum absolute atomic E-state index is 15.9. The van der Waals surface area contributed by atoms with E-state index in [0.29, 0.717) is 45.5 Å². The van der Waals surface area contributed by atoms with Gasteiger partial charge in [-0.2, -0.15) is 0 Å². The lowest BCUT2D eigenvalue weighted by molar-refractivity contribution is -0.141. The van der Waals surface area contributed by atoms with Gasteiger partial charge in [-0.25, -0.2) is 9.37 Å². The molecular weight excluding hydrogens is 485 g/mol. The summed E-state index contributed by atoms with van der Waals surface area (Å²) in [7, 11) is 1.41. The number of benzene rings is 1. The number of aryl methyl sites for hydroxylation is 2. The Labute approximate surface area is 225 Å². The first-order chi connectivity index (χ1) is 18.5. The zero-order valence-electron chi connectivity index (χ0n) is 22.4. The molecular formula is C30H40FN3O4. The van der Waals surface area contributed by atoms with Crippen LogP contribution in [0.5, 0.6) is 5.75 Å². The van der Waals surface area contributed by atoms with Gasteiger partial charge >= 0.3 is 5.97 Å². The van der Waals surface area contributed by atoms with Gasteiger partial charge in [0.15, 0.2) is 0 Å². The minimum absolute atomic E-state index is 0.107. The highest BCUT2D eigenvalue weighted by atomic mass is 19.1. The van der Waals surface area contributed by atoms with Gasteiger partial charge < -0.3 is 19.5 Å². The molecule has 3 unspecified atom stereocenters. The first kappa shape index (κ1) is 26.9. The number of fused-ring (bicyclic) bond motifs is 1. The normalized spacial score (nSPS) is 24.0. The number of anilines is 1. The Bertz CT molecular complexity index is 1090. The molecule has 7 nitrogen and oxygen atoms in total. The van der Waals surface area contributed by atoms with Crippen molar-refractivity contribution in [3.63, 3.8) is 0 Å². The number of methoxy groups -OCH3 is 1. The molecule has 3 atom stereocenters. The van der Waals surface area contributed by atoms with E-state index in [1.165, 1.54) is 12.7 Å². The minimum atomic E-state index is -1.26. The lowest BCUT2D eigenvalue weighted by atomic mass is 9.94. The van der Waals surface area contributed by atoms with Gasteiger partial charge in [0.05, 0.1) is 19.6 Å². The van der Waals surface area contributed by atoms with E-state index >= 15 is 4.39 Å². The molecule has 38 heavy (non-hydrogen) atoms. The quantitative estimate of drug-likeness (QED) is 0.427. The number of hydrogen-bond donors (Lipinski definition) is 1. The number of carbonyl (C=O) groups is 1. The van der Waals surface area contributed by atoms with Crippen LogP contribution >= 0.6 is 0 Å². The zero-order chi connectivity index (χ0) is 26.4. The average molecular weight is 526 g/mol. The van der Waals surface area contributed by atoms with Crippen molar-refractivity contribution < 1.29 is 23.4 Å². The summed E-state index contributed by atoms with van der Waals surface area (Å²) in [5, 5.41) is 3.36. The maximum atomic E-state index is 15.9. The summed E-state index contributed by atoms with van der Waals surface area (Å²) < 4.78 is 32.5. The highest BCUT2D eigenvalue weighted by molar-refractivity contribution is 5.70. The molecule has 8 heteroatoms. The summed E-state index contributed by atoms with van der Waals surface area (Å²) >= 11 is 0. The van der Waals surface area contributed by atoms with Crippen LogP contribution in [0.1, 0.15) is 61.3 Å². The second-order valence-electron chi connectivity index (χ2n) is 11.0. The third kappa shape index (κ3) is 7.03. The zero-order valence-corrected chi connectivity index (χ0v) is 22.4. The molecule has 3 aliphatic heterocycles. The number of alkyl halides is 1. The van der Waals surface area contributed by atoms with E-state index in [1.54, 1.807) is 0 Å². The van der Waals surface area contributed by atoms with Crippen molar-refractivity contribution in [1.29, 1.82) is 0 Å². The summed E-state index contributed by atoms with van der Waals surface area (Å²) in [4.78, 5) is 19.2. The fraction of sp³-hybridized carbons (Fsp3) is 0.600. The van der Waals surface area contributed by atoms with Crippen LogP contribution in [0.15, 0.2) is 36.4 Å². The van der Waals surface area contributed by atoms with Gasteiger partial charge in [-0.1, -0.05) is 18.2 Å². The van der Waals surface area contributed by atoms with Gasteiger partial charge in [0, 0.05) is 44.4 Å². The first-order valence-corrected chi connectivity index (χ1v) is 14.0. The van der Waals surface area contributed by atoms with E-state index < -0.39 is 5.67 Å². The van der Waals surface area contributed by atoms with Crippen LogP contribution in [-0.2, 0) is 27.1 Å². The number of nitrogens with zero attached hydrogens (tertiary/aromatic N) is 2. The summed E-state index contributed by atoms with van der Waals surface area (Å²) in [5.41, 5.74) is 1.94. The Hall–Kier alpha value is -2.71. The monoisotopic (exact) mass is 525 g/mol. The molecule has 2 saturated heterocycles. The minimum Gasteiger partial charge on any atom is -0.491 e. The Kier molecular flexibility index (Phi) is 8.79. The average Bonchev–Trinajstić information content (AvgIpc) is 3.60. The molecule has 3 aliphatic rings. The third-order valence-electron chi connectivity index (χ3n) is 8.07. The van der Waals surface area contributed by atoms with Crippen molar-refractivity contribution in [2.75, 3.05) is 51.8 Å². The number of hydrogen-bond acceptors (Lipinski definition) is 7. The number of aromatic nitrogens is 1. The van der Waals surface area contributed by atoms with Crippen molar-refractivity contribution in [2.45, 2.75) is 69.1 Å². The van der Waals surface area contributed by atoms with Gasteiger partial charge in [-0.15, -0.1) is 0 Å². The van der Waals surface area contributed by atoms with Gasteiger partial charge in [-0.05, 0) is 74.3 Å². The molecule has 4 heterocycles. The number of pyridine rings is 1. The van der Waals surface area contributed by atoms with Crippen molar-refractivity contribution >= 4 is 11.8 Å². The van der Waals surface area contributed by atoms with Gasteiger partial charge in [0.1, 0.15) is 23.8 Å². The molecule has 2 fully saturated rings. The number of ether oxygens (including phenoxy) is 3. The highest BCUT2D eigenvalue weighted by Crippen LogP contribution is 2.34. The van der Waals surface area contributed by atoms with Crippen molar-refractivity contribution in [3.8, 4) is 5.75 Å². The lowest BCUT2D eigenvalue weighted by Crippen LogP contribution is -2.33. The van der Waals surface area contributed by atoms with Crippen molar-refractivity contribution in [2.24, 2.45) is 0 Å². The van der Waals surface area contributed by atoms with Crippen molar-refractivity contribution in [3.05, 3.63) is 53.2 Å². The van der Waals surface area contributed by atoms with Crippen LogP contribution in [0, 0.1) is 0 Å². The van der Waals surface area contributed by atoms with Crippen molar-refractivity contribution in [1.82, 2.24) is 9.88 Å². The Balaban J connectivity index is 1.19. The second kappa shape index (κ2) is 12.4. The summed E-state index contributed by atoms with van der Waals surface area (Å²) in [6.45, 7) is 3.89. The standard InChI is InChI=1S/C30H40FN3O4/c1-36-28(35)18-24(23-5-2-7-26(17-23)38-20-27-8-4-16-37-27)19-34-15-13-30(31,21-34)12-11-25-10-9-22-6-3-14-32-29(22)33-25/h2,5,7,9-10,17,24,27H,3-4,6,8,11-16,18-21H2,1H3,(H,32,33). The molecule has 5 rings (SSSR count). The SMILES string of the molecule is COC(=O)CC(CN1CCC(F)(CCc2ccc3c(n2)NCCC3)C1)c1cccc(OCC2CCCO2)c1. The van der Waals surface area contributed by atoms with E-state index in [1.807, 2.05) is 30.3 Å². The number of likely N-dealkylation sites (tertiary alicyclic amines) is 1. The largest absolute Gasteiger partial charge is 0.491 e. The molecule has 0 spiro atoms. The molecule has 0 amide bonds. The third-order valence-corrected chi connectivity index (χ3v) is 8.07. The van der Waals surface area contributed by atoms with Gasteiger partial charge in [0.25, 0.3) is 0 Å². The molecule has 0 saturated carbocycles. The molecule has 206 valence electrons. The van der Waals surface area contributed by atoms with Crippen LogP contribution in [0.4, 0.5) is 10.2 Å². The molecule has 0 aliphatic carbocycles. The molecule has 1 aromatic heterocycles. The van der Waals surface area contributed by atoms with Gasteiger partial charge in [-0.3, -0.25) is 9.69 Å². The van der Waals surface area contributed by atoms with E-state index in [2.05, 4.69) is 16.3 Å². The predicted octanol–water partition coefficient (Wildman–Crippen LogP) is 4.69. The predicted molar refractivity (Wildman–Crippen MR) is 145 cm³/mol. The van der Waals surface area contributed by atoms with E-state index in [0.717, 1.165) is 61.7 Å². The fourth-order valence-electron chi connectivity index (χ4n) is 5.84. The molecule has 0 bridgehead atoms. The van der Waals surface area contributed by atoms with Crippen LogP contribution in [0.25, 0.3) is 0 Å². The summed E-state index contributed by atoms with van der Waals surface area (Å²) in [5.74, 6) is 1.35. The fourth-order valence-corrected chi connectivity index (χ4v) is 5.84. The number of esters is 1. The van der Waals surface area contributed by atoms with E-state index in [-0.39, 0.29) is 24.4 Å². The van der Waals surface area contributed by atoms with Crippen LogP contribution in [0.3, 0.4) is 0 Å². The Morgan fingerprint density at radius 3 is 3.08 bits per heavy atom. The summed E-state index contributed by atoms with van der Waals surface area (Å²) in [6, 6.07) is 12.1. The lowest BCUT2D eigenvalue weighted by Gasteiger charge is -2.25. The smallest absolute Gasteiger partial charge is 0.306 e. The van der Waals surface area contributed by atoms with Gasteiger partial charge in [0.2, 0.25) is 0 Å². The number of rotatable bonds is 11. The van der Waals surface area contributed by atoms with Crippen LogP contribution in [0.2, 0.25) is 0 Å². The topological polar surface area (TPSA) is 72.9 Å². The maximum Gasteiger partial charge on any atom is 0.306 e. The van der Waals surface area contributed by atoms with E-state index in [9.17, 15) is 4.79 Å². The highest BCUT2D eigenvalue weighted by Gasteiger charge is 2.39. The molecule has 1 N–H and O–H groups in total. The first-order valence-electron chi connectivity index (χ1n) is 14.0. The molecule has 0 radical (unpaired) electrons. The van der Waals surface area contributed by atoms with E-state index in [4.69, 9.17) is 19.2 Å². The Morgan fingerprint density at radius 1 is 1.32 bits per heavy atom. The Morgan fingerprint density at radius 2 is 2.24 bits per heavy atom. The number of carbonyl (C=O) groups excluding carboxylic acids is 1. The molecule has 2 aromatic rings.